The Labute approximate surface area is 119 Å². The van der Waals surface area contributed by atoms with E-state index >= 15 is 0 Å². The fourth-order valence-corrected chi connectivity index (χ4v) is 2.12. The Kier molecular flexibility index (Phi) is 4.90. The summed E-state index contributed by atoms with van der Waals surface area (Å²) in [4.78, 5) is 0. The minimum atomic E-state index is -0.146. The van der Waals surface area contributed by atoms with Crippen LogP contribution in [-0.2, 0) is 13.1 Å². The summed E-state index contributed by atoms with van der Waals surface area (Å²) in [5, 5.41) is 7.70. The van der Waals surface area contributed by atoms with Crippen LogP contribution in [0.15, 0.2) is 30.6 Å². The van der Waals surface area contributed by atoms with Gasteiger partial charge in [-0.05, 0) is 37.5 Å². The highest BCUT2D eigenvalue weighted by Gasteiger charge is 2.08. The number of rotatable bonds is 6. The van der Waals surface area contributed by atoms with Crippen LogP contribution in [0, 0.1) is 12.7 Å². The van der Waals surface area contributed by atoms with Gasteiger partial charge >= 0.3 is 0 Å². The van der Waals surface area contributed by atoms with Gasteiger partial charge in [0.1, 0.15) is 5.82 Å². The van der Waals surface area contributed by atoms with Gasteiger partial charge in [0, 0.05) is 30.9 Å². The molecule has 1 unspecified atom stereocenters. The van der Waals surface area contributed by atoms with Crippen molar-refractivity contribution in [1.29, 1.82) is 0 Å². The van der Waals surface area contributed by atoms with Gasteiger partial charge in [0.15, 0.2) is 0 Å². The maximum atomic E-state index is 13.5. The number of aromatic nitrogens is 2. The van der Waals surface area contributed by atoms with Crippen molar-refractivity contribution >= 4 is 0 Å². The molecule has 0 aliphatic rings. The first-order valence-corrected chi connectivity index (χ1v) is 7.11. The van der Waals surface area contributed by atoms with Crippen LogP contribution in [0.4, 0.5) is 4.39 Å². The second kappa shape index (κ2) is 6.66. The number of hydrogen-bond acceptors (Lipinski definition) is 2. The first kappa shape index (κ1) is 14.7. The van der Waals surface area contributed by atoms with Crippen LogP contribution in [0.1, 0.15) is 43.0 Å². The van der Waals surface area contributed by atoms with E-state index in [1.807, 2.05) is 29.9 Å². The minimum Gasteiger partial charge on any atom is -0.306 e. The molecule has 0 saturated carbocycles. The molecule has 0 aliphatic carbocycles. The zero-order chi connectivity index (χ0) is 14.5. The molecule has 1 atom stereocenters. The summed E-state index contributed by atoms with van der Waals surface area (Å²) in [5.74, 6) is -0.146. The Morgan fingerprint density at radius 3 is 2.90 bits per heavy atom. The second-order valence-corrected chi connectivity index (χ2v) is 5.22. The van der Waals surface area contributed by atoms with Crippen LogP contribution in [0.25, 0.3) is 0 Å². The van der Waals surface area contributed by atoms with Gasteiger partial charge < -0.3 is 5.32 Å². The Morgan fingerprint density at radius 1 is 1.40 bits per heavy atom. The molecule has 1 aromatic carbocycles. The third-order valence-corrected chi connectivity index (χ3v) is 3.45. The van der Waals surface area contributed by atoms with E-state index in [2.05, 4.69) is 23.5 Å². The van der Waals surface area contributed by atoms with E-state index in [1.165, 1.54) is 0 Å². The zero-order valence-electron chi connectivity index (χ0n) is 12.4. The highest BCUT2D eigenvalue weighted by molar-refractivity contribution is 5.25. The van der Waals surface area contributed by atoms with Crippen molar-refractivity contribution in [2.45, 2.75) is 46.3 Å². The number of benzene rings is 1. The molecular weight excluding hydrogens is 253 g/mol. The average molecular weight is 275 g/mol. The Hall–Kier alpha value is -1.68. The van der Waals surface area contributed by atoms with E-state index in [1.54, 1.807) is 13.0 Å². The summed E-state index contributed by atoms with van der Waals surface area (Å²) < 4.78 is 15.5. The van der Waals surface area contributed by atoms with E-state index in [4.69, 9.17) is 0 Å². The molecule has 1 aromatic heterocycles. The summed E-state index contributed by atoms with van der Waals surface area (Å²) >= 11 is 0. The molecule has 0 spiro atoms. The molecule has 3 nitrogen and oxygen atoms in total. The van der Waals surface area contributed by atoms with E-state index in [0.29, 0.717) is 5.56 Å². The maximum absolute atomic E-state index is 13.5. The average Bonchev–Trinajstić information content (AvgIpc) is 2.87. The predicted molar refractivity (Wildman–Crippen MR) is 78.9 cm³/mol. The Morgan fingerprint density at radius 2 is 2.20 bits per heavy atom. The molecule has 1 heterocycles. The lowest BCUT2D eigenvalue weighted by atomic mass is 10.1. The van der Waals surface area contributed by atoms with Crippen molar-refractivity contribution in [2.24, 2.45) is 0 Å². The van der Waals surface area contributed by atoms with E-state index in [0.717, 1.165) is 30.6 Å². The first-order chi connectivity index (χ1) is 9.60. The fraction of sp³-hybridized carbons (Fsp3) is 0.438. The van der Waals surface area contributed by atoms with Crippen LogP contribution >= 0.6 is 0 Å². The summed E-state index contributed by atoms with van der Waals surface area (Å²) in [6.45, 7) is 7.63. The number of nitrogens with one attached hydrogen (secondary N) is 1. The third-order valence-electron chi connectivity index (χ3n) is 3.45. The van der Waals surface area contributed by atoms with Crippen molar-refractivity contribution < 1.29 is 4.39 Å². The molecule has 4 heteroatoms. The minimum absolute atomic E-state index is 0.111. The lowest BCUT2D eigenvalue weighted by Gasteiger charge is -2.14. The first-order valence-electron chi connectivity index (χ1n) is 7.11. The van der Waals surface area contributed by atoms with Gasteiger partial charge in [0.05, 0.1) is 6.20 Å². The normalized spacial score (nSPS) is 12.6. The van der Waals surface area contributed by atoms with Gasteiger partial charge in [0.25, 0.3) is 0 Å². The highest BCUT2D eigenvalue weighted by Crippen LogP contribution is 2.16. The molecule has 2 aromatic rings. The van der Waals surface area contributed by atoms with E-state index < -0.39 is 0 Å². The molecule has 0 fully saturated rings. The number of aryl methyl sites for hydroxylation is 2. The van der Waals surface area contributed by atoms with Gasteiger partial charge in [-0.3, -0.25) is 4.68 Å². The number of hydrogen-bond donors (Lipinski definition) is 1. The largest absolute Gasteiger partial charge is 0.306 e. The molecule has 108 valence electrons. The lowest BCUT2D eigenvalue weighted by Crippen LogP contribution is -2.18. The van der Waals surface area contributed by atoms with Crippen LogP contribution in [-0.4, -0.2) is 9.78 Å². The standard InChI is InChI=1S/C16H22FN3/c1-4-7-20-11-14(10-19-20)9-18-13(3)15-6-5-12(2)16(17)8-15/h5-6,8,10-11,13,18H,4,7,9H2,1-3H3. The van der Waals surface area contributed by atoms with Crippen LogP contribution in [0.3, 0.4) is 0 Å². The monoisotopic (exact) mass is 275 g/mol. The summed E-state index contributed by atoms with van der Waals surface area (Å²) in [6.07, 6.45) is 5.01. The summed E-state index contributed by atoms with van der Waals surface area (Å²) in [7, 11) is 0. The smallest absolute Gasteiger partial charge is 0.126 e. The maximum Gasteiger partial charge on any atom is 0.126 e. The van der Waals surface area contributed by atoms with Crippen molar-refractivity contribution in [1.82, 2.24) is 15.1 Å². The van der Waals surface area contributed by atoms with Crippen molar-refractivity contribution in [3.05, 3.63) is 53.1 Å². The molecule has 20 heavy (non-hydrogen) atoms. The third kappa shape index (κ3) is 3.67. The quantitative estimate of drug-likeness (QED) is 0.873. The lowest BCUT2D eigenvalue weighted by molar-refractivity contribution is 0.561. The van der Waals surface area contributed by atoms with Gasteiger partial charge in [-0.1, -0.05) is 19.1 Å². The van der Waals surface area contributed by atoms with Crippen molar-refractivity contribution in [3.63, 3.8) is 0 Å². The molecule has 0 amide bonds. The van der Waals surface area contributed by atoms with Crippen LogP contribution < -0.4 is 5.32 Å². The van der Waals surface area contributed by atoms with Gasteiger partial charge in [-0.15, -0.1) is 0 Å². The van der Waals surface area contributed by atoms with E-state index in [9.17, 15) is 4.39 Å². The molecule has 0 saturated heterocycles. The topological polar surface area (TPSA) is 29.9 Å². The molecule has 1 N–H and O–H groups in total. The second-order valence-electron chi connectivity index (χ2n) is 5.22. The highest BCUT2D eigenvalue weighted by atomic mass is 19.1. The predicted octanol–water partition coefficient (Wildman–Crippen LogP) is 3.59. The van der Waals surface area contributed by atoms with Crippen molar-refractivity contribution in [2.75, 3.05) is 0 Å². The SMILES string of the molecule is CCCn1cc(CNC(C)c2ccc(C)c(F)c2)cn1. The Balaban J connectivity index is 1.93. The molecule has 0 aliphatic heterocycles. The molecule has 2 rings (SSSR count). The molecular formula is C16H22FN3. The van der Waals surface area contributed by atoms with Crippen LogP contribution in [0.5, 0.6) is 0 Å². The summed E-state index contributed by atoms with van der Waals surface area (Å²) in [5.41, 5.74) is 2.80. The van der Waals surface area contributed by atoms with Crippen molar-refractivity contribution in [3.8, 4) is 0 Å². The van der Waals surface area contributed by atoms with Crippen LogP contribution in [0.2, 0.25) is 0 Å². The molecule has 0 bridgehead atoms. The number of nitrogens with zero attached hydrogens (tertiary/aromatic N) is 2. The van der Waals surface area contributed by atoms with Gasteiger partial charge in [-0.2, -0.15) is 5.10 Å². The Bertz CT molecular complexity index is 563. The number of halogens is 1. The molecule has 0 radical (unpaired) electrons. The summed E-state index contributed by atoms with van der Waals surface area (Å²) in [6, 6.07) is 5.51. The van der Waals surface area contributed by atoms with Gasteiger partial charge in [0.2, 0.25) is 0 Å². The fourth-order valence-electron chi connectivity index (χ4n) is 2.12. The van der Waals surface area contributed by atoms with Gasteiger partial charge in [-0.25, -0.2) is 4.39 Å². The van der Waals surface area contributed by atoms with E-state index in [-0.39, 0.29) is 11.9 Å². The zero-order valence-corrected chi connectivity index (χ0v) is 12.4.